The van der Waals surface area contributed by atoms with E-state index in [2.05, 4.69) is 49.1 Å². The summed E-state index contributed by atoms with van der Waals surface area (Å²) in [5, 5.41) is 6.25. The average molecular weight is 763 g/mol. The summed E-state index contributed by atoms with van der Waals surface area (Å²) >= 11 is 0. The van der Waals surface area contributed by atoms with Crippen LogP contribution in [0.3, 0.4) is 0 Å². The van der Waals surface area contributed by atoms with Crippen LogP contribution in [0, 0.1) is 27.7 Å². The third kappa shape index (κ3) is 13.6. The highest BCUT2D eigenvalue weighted by atomic mass is 17.5. The van der Waals surface area contributed by atoms with E-state index in [1.807, 2.05) is 38.1 Å². The van der Waals surface area contributed by atoms with Crippen molar-refractivity contribution in [3.05, 3.63) is 143 Å². The molecule has 0 aliphatic rings. The predicted octanol–water partition coefficient (Wildman–Crippen LogP) is 9.68. The lowest BCUT2D eigenvalue weighted by Crippen LogP contribution is -2.04. The Morgan fingerprint density at radius 1 is 0.571 bits per heavy atom. The average Bonchev–Trinajstić information content (AvgIpc) is 3.19. The van der Waals surface area contributed by atoms with Crippen LogP contribution in [0.1, 0.15) is 70.2 Å². The van der Waals surface area contributed by atoms with Crippen molar-refractivity contribution in [3.8, 4) is 11.5 Å². The van der Waals surface area contributed by atoms with E-state index in [4.69, 9.17) is 24.1 Å². The molecule has 0 fully saturated rings. The van der Waals surface area contributed by atoms with Gasteiger partial charge in [0.1, 0.15) is 18.1 Å². The van der Waals surface area contributed by atoms with Gasteiger partial charge < -0.3 is 9.47 Å². The van der Waals surface area contributed by atoms with Gasteiger partial charge >= 0.3 is 17.9 Å². The van der Waals surface area contributed by atoms with Gasteiger partial charge in [-0.25, -0.2) is 24.2 Å². The topological polar surface area (TPSA) is 116 Å². The van der Waals surface area contributed by atoms with E-state index in [-0.39, 0.29) is 6.61 Å². The van der Waals surface area contributed by atoms with Gasteiger partial charge in [0.2, 0.25) is 0 Å². The molecule has 294 valence electrons. The number of carbonyl (C=O) groups is 3. The molecule has 0 saturated carbocycles. The summed E-state index contributed by atoms with van der Waals surface area (Å²) in [5.41, 5.74) is 8.83. The van der Waals surface area contributed by atoms with Crippen molar-refractivity contribution in [2.75, 3.05) is 19.8 Å². The van der Waals surface area contributed by atoms with E-state index < -0.39 is 17.9 Å². The second-order valence-electron chi connectivity index (χ2n) is 13.1. The molecule has 10 nitrogen and oxygen atoms in total. The van der Waals surface area contributed by atoms with Crippen LogP contribution in [0.2, 0.25) is 0 Å². The van der Waals surface area contributed by atoms with Gasteiger partial charge in [-0.1, -0.05) is 54.1 Å². The number of aryl methyl sites for hydroxylation is 2. The van der Waals surface area contributed by atoms with Crippen molar-refractivity contribution in [2.24, 2.45) is 0 Å². The maximum atomic E-state index is 12.7. The van der Waals surface area contributed by atoms with E-state index in [9.17, 15) is 14.4 Å². The summed E-state index contributed by atoms with van der Waals surface area (Å²) in [5.74, 6) is -0.793. The molecule has 0 radical (unpaired) electrons. The quantitative estimate of drug-likeness (QED) is 0.0146. The lowest BCUT2D eigenvalue weighted by atomic mass is 9.95. The van der Waals surface area contributed by atoms with E-state index in [0.29, 0.717) is 24.7 Å². The van der Waals surface area contributed by atoms with Gasteiger partial charge in [-0.2, -0.15) is 4.89 Å². The molecule has 4 aromatic carbocycles. The molecule has 4 aromatic rings. The van der Waals surface area contributed by atoms with Crippen LogP contribution < -0.4 is 9.47 Å². The van der Waals surface area contributed by atoms with Gasteiger partial charge in [-0.05, 0) is 158 Å². The molecule has 0 aliphatic heterocycles. The highest BCUT2D eigenvalue weighted by molar-refractivity contribution is 5.92. The Hall–Kier alpha value is -5.65. The van der Waals surface area contributed by atoms with Crippen LogP contribution in [0.4, 0.5) is 0 Å². The summed E-state index contributed by atoms with van der Waals surface area (Å²) in [7, 11) is 0. The molecule has 0 unspecified atom stereocenters. The Bertz CT molecular complexity index is 2060. The van der Waals surface area contributed by atoms with Gasteiger partial charge in [0.05, 0.1) is 13.2 Å². The summed E-state index contributed by atoms with van der Waals surface area (Å²) in [4.78, 5) is 55.6. The first-order valence-corrected chi connectivity index (χ1v) is 18.6. The van der Waals surface area contributed by atoms with E-state index in [0.717, 1.165) is 83.2 Å². The Balaban J connectivity index is 1.25. The molecule has 0 atom stereocenters. The fourth-order valence-corrected chi connectivity index (χ4v) is 5.87. The molecule has 0 saturated heterocycles. The molecule has 0 amide bonds. The number of hydrogen-bond acceptors (Lipinski definition) is 10. The van der Waals surface area contributed by atoms with Gasteiger partial charge in [0, 0.05) is 18.2 Å². The molecule has 0 aromatic heterocycles. The van der Waals surface area contributed by atoms with Crippen LogP contribution in [0.5, 0.6) is 11.5 Å². The maximum absolute atomic E-state index is 12.7. The standard InChI is InChI=1S/C46H50O10/c1-7-27-51-56-52-29-12-10-14-37-16-18-39(35(6)33(37)4)22-26-46(49)54-43-24-20-40-30-42(23-19-41(40)31-43)53-45(48)25-21-38-17-15-36(32(3)34(38)5)13-9-11-28-50-55-44(47)8-2/h7-8,15-26,30-31H,1-2,9-14,27-29H2,3-6H3/b25-21+,26-22+. The third-order valence-corrected chi connectivity index (χ3v) is 9.34. The number of unbranched alkanes of at least 4 members (excludes halogenated alkanes) is 2. The molecule has 0 bridgehead atoms. The Morgan fingerprint density at radius 2 is 1.07 bits per heavy atom. The van der Waals surface area contributed by atoms with E-state index in [1.165, 1.54) is 28.8 Å². The first kappa shape index (κ1) is 43.1. The lowest BCUT2D eigenvalue weighted by Gasteiger charge is -2.12. The van der Waals surface area contributed by atoms with Crippen LogP contribution in [0.15, 0.2) is 98.1 Å². The van der Waals surface area contributed by atoms with Crippen molar-refractivity contribution in [1.29, 1.82) is 0 Å². The smallest absolute Gasteiger partial charge is 0.365 e. The number of hydrogen-bond donors (Lipinski definition) is 0. The zero-order valence-electron chi connectivity index (χ0n) is 32.6. The van der Waals surface area contributed by atoms with Crippen molar-refractivity contribution >= 4 is 40.8 Å². The first-order valence-electron chi connectivity index (χ1n) is 18.6. The molecule has 0 heterocycles. The van der Waals surface area contributed by atoms with Crippen LogP contribution in [-0.2, 0) is 51.8 Å². The fourth-order valence-electron chi connectivity index (χ4n) is 5.87. The normalized spacial score (nSPS) is 11.3. The summed E-state index contributed by atoms with van der Waals surface area (Å²) in [6.45, 7) is 16.1. The summed E-state index contributed by atoms with van der Waals surface area (Å²) in [6.07, 6.45) is 14.1. The molecular formula is C46H50O10. The number of fused-ring (bicyclic) bond motifs is 1. The Kier molecular flexibility index (Phi) is 17.4. The molecule has 0 spiro atoms. The van der Waals surface area contributed by atoms with Gasteiger partial charge in [0.15, 0.2) is 0 Å². The summed E-state index contributed by atoms with van der Waals surface area (Å²) in [6, 6.07) is 18.7. The summed E-state index contributed by atoms with van der Waals surface area (Å²) < 4.78 is 11.2. The van der Waals surface area contributed by atoms with Gasteiger partial charge in [0.25, 0.3) is 0 Å². The predicted molar refractivity (Wildman–Crippen MR) is 216 cm³/mol. The van der Waals surface area contributed by atoms with Crippen molar-refractivity contribution in [3.63, 3.8) is 0 Å². The Morgan fingerprint density at radius 3 is 1.55 bits per heavy atom. The van der Waals surface area contributed by atoms with Crippen LogP contribution in [0.25, 0.3) is 22.9 Å². The molecule has 10 heteroatoms. The molecule has 4 rings (SSSR count). The minimum Gasteiger partial charge on any atom is -0.423 e. The first-order chi connectivity index (χ1) is 27.1. The minimum absolute atomic E-state index is 0.267. The minimum atomic E-state index is -0.611. The molecule has 56 heavy (non-hydrogen) atoms. The second kappa shape index (κ2) is 22.7. The fraction of sp³-hybridized carbons (Fsp3) is 0.283. The van der Waals surface area contributed by atoms with Crippen molar-refractivity contribution < 1.29 is 48.4 Å². The Labute approximate surface area is 328 Å². The molecule has 0 aliphatic carbocycles. The third-order valence-electron chi connectivity index (χ3n) is 9.34. The number of rotatable bonds is 22. The number of carbonyl (C=O) groups excluding carboxylic acids is 3. The number of ether oxygens (including phenoxy) is 2. The largest absolute Gasteiger partial charge is 0.423 e. The second-order valence-corrected chi connectivity index (χ2v) is 13.1. The van der Waals surface area contributed by atoms with Crippen molar-refractivity contribution in [2.45, 2.75) is 66.2 Å². The van der Waals surface area contributed by atoms with Gasteiger partial charge in [-0.15, -0.1) is 6.58 Å². The van der Waals surface area contributed by atoms with Crippen molar-refractivity contribution in [1.82, 2.24) is 0 Å². The zero-order valence-corrected chi connectivity index (χ0v) is 32.6. The van der Waals surface area contributed by atoms with E-state index >= 15 is 0 Å². The zero-order chi connectivity index (χ0) is 40.3. The SMILES string of the molecule is C=CCOOOCCCCc1ccc(/C=C/C(=O)Oc2ccc3cc(OC(=O)/C=C/c4ccc(CCCCOOC(=O)C=C)c(C)c4C)ccc3c2)c(C)c1C. The highest BCUT2D eigenvalue weighted by Crippen LogP contribution is 2.27. The highest BCUT2D eigenvalue weighted by Gasteiger charge is 2.10. The molecule has 0 N–H and O–H groups in total. The van der Waals surface area contributed by atoms with Gasteiger partial charge in [-0.3, -0.25) is 4.89 Å². The number of esters is 2. The van der Waals surface area contributed by atoms with E-state index in [1.54, 1.807) is 42.5 Å². The maximum Gasteiger partial charge on any atom is 0.365 e. The monoisotopic (exact) mass is 762 g/mol. The van der Waals surface area contributed by atoms with Crippen LogP contribution >= 0.6 is 0 Å². The number of benzene rings is 4. The van der Waals surface area contributed by atoms with Crippen LogP contribution in [-0.4, -0.2) is 37.7 Å². The lowest BCUT2D eigenvalue weighted by molar-refractivity contribution is -0.509. The molecular weight excluding hydrogens is 712 g/mol.